The van der Waals surface area contributed by atoms with Gasteiger partial charge in [0.2, 0.25) is 12.7 Å². The van der Waals surface area contributed by atoms with Crippen LogP contribution < -0.4 is 4.57 Å². The minimum atomic E-state index is -6.09. The summed E-state index contributed by atoms with van der Waals surface area (Å²) >= 11 is 0. The summed E-state index contributed by atoms with van der Waals surface area (Å²) in [5.74, 6) is 0. The molecule has 0 aliphatic rings. The van der Waals surface area contributed by atoms with Gasteiger partial charge >= 0.3 is 11.8 Å². The summed E-state index contributed by atoms with van der Waals surface area (Å²) in [6.07, 6.45) is -2.09. The molecule has 0 unspecified atom stereocenters. The van der Waals surface area contributed by atoms with Crippen molar-refractivity contribution in [2.45, 2.75) is 11.8 Å². The first-order chi connectivity index (χ1) is 7.86. The maximum absolute atomic E-state index is 11.7. The number of nitrogens with zero attached hydrogens (tertiary/aromatic N) is 3. The molecule has 0 aliphatic heterocycles. The van der Waals surface area contributed by atoms with Gasteiger partial charge in [-0.25, -0.2) is 8.42 Å². The molecule has 18 heavy (non-hydrogen) atoms. The van der Waals surface area contributed by atoms with E-state index in [1.165, 1.54) is 0 Å². The SMILES string of the molecule is FC(F)(F)[n+]1cncnc1.O=S(=O)([O-])C(F)(F)F. The van der Waals surface area contributed by atoms with Gasteiger partial charge in [-0.2, -0.15) is 13.2 Å². The molecule has 0 fully saturated rings. The fraction of sp³-hybridized carbons (Fsp3) is 0.400. The summed E-state index contributed by atoms with van der Waals surface area (Å²) in [6, 6.07) is 0. The van der Waals surface area contributed by atoms with Crippen LogP contribution in [0.2, 0.25) is 0 Å². The van der Waals surface area contributed by atoms with Crippen LogP contribution in [0.3, 0.4) is 0 Å². The molecule has 0 N–H and O–H groups in total. The van der Waals surface area contributed by atoms with Crippen LogP contribution in [0, 0.1) is 0 Å². The van der Waals surface area contributed by atoms with Gasteiger partial charge in [-0.1, -0.05) is 9.97 Å². The molecule has 0 aliphatic carbocycles. The first-order valence-corrected chi connectivity index (χ1v) is 5.02. The van der Waals surface area contributed by atoms with Crippen LogP contribution in [-0.4, -0.2) is 28.4 Å². The van der Waals surface area contributed by atoms with Crippen LogP contribution in [0.15, 0.2) is 19.0 Å². The minimum absolute atomic E-state index is 0.0347. The molecule has 0 bridgehead atoms. The number of alkyl halides is 6. The number of halogens is 6. The molecule has 0 radical (unpaired) electrons. The highest BCUT2D eigenvalue weighted by Gasteiger charge is 2.37. The van der Waals surface area contributed by atoms with Crippen LogP contribution in [-0.2, 0) is 16.4 Å². The third-order valence-corrected chi connectivity index (χ3v) is 1.66. The minimum Gasteiger partial charge on any atom is -0.741 e. The van der Waals surface area contributed by atoms with E-state index in [1.807, 2.05) is 0 Å². The first kappa shape index (κ1) is 16.5. The molecule has 13 heteroatoms. The lowest BCUT2D eigenvalue weighted by atomic mass is 10.9. The van der Waals surface area contributed by atoms with Crippen LogP contribution in [0.1, 0.15) is 0 Å². The standard InChI is InChI=1S/C4H3F3N3.CHF3O3S/c5-4(6,7)10-2-8-1-9-3-10;2-1(3,4)8(5,6)7/h1-3H;(H,5,6,7)/q+1;/p-1. The molecule has 0 saturated heterocycles. The molecule has 1 aromatic heterocycles. The molecule has 0 aromatic carbocycles. The molecule has 6 nitrogen and oxygen atoms in total. The Kier molecular flexibility index (Phi) is 4.98. The Balaban J connectivity index is 0.000000331. The van der Waals surface area contributed by atoms with E-state index >= 15 is 0 Å². The first-order valence-electron chi connectivity index (χ1n) is 3.61. The zero-order chi connectivity index (χ0) is 14.6. The van der Waals surface area contributed by atoms with Gasteiger partial charge in [-0.3, -0.25) is 0 Å². The van der Waals surface area contributed by atoms with Gasteiger partial charge in [0.05, 0.1) is 0 Å². The third-order valence-electron chi connectivity index (χ3n) is 1.09. The highest BCUT2D eigenvalue weighted by molar-refractivity contribution is 7.86. The van der Waals surface area contributed by atoms with Gasteiger partial charge in [0.25, 0.3) is 6.33 Å². The Hall–Kier alpha value is -1.50. The normalized spacial score (nSPS) is 12.6. The Morgan fingerprint density at radius 3 is 1.50 bits per heavy atom. The van der Waals surface area contributed by atoms with E-state index in [2.05, 4.69) is 9.97 Å². The molecule has 0 spiro atoms. The number of hydrogen-bond donors (Lipinski definition) is 0. The van der Waals surface area contributed by atoms with E-state index < -0.39 is 21.9 Å². The lowest BCUT2D eigenvalue weighted by Gasteiger charge is -2.08. The topological polar surface area (TPSA) is 86.9 Å². The van der Waals surface area contributed by atoms with Crippen molar-refractivity contribution in [1.29, 1.82) is 0 Å². The second-order valence-electron chi connectivity index (χ2n) is 2.42. The average molecular weight is 299 g/mol. The van der Waals surface area contributed by atoms with Crippen LogP contribution in [0.5, 0.6) is 0 Å². The van der Waals surface area contributed by atoms with Crippen molar-refractivity contribution in [3.05, 3.63) is 19.0 Å². The van der Waals surface area contributed by atoms with Gasteiger partial charge in [-0.15, -0.1) is 17.7 Å². The predicted octanol–water partition coefficient (Wildman–Crippen LogP) is 0.292. The van der Waals surface area contributed by atoms with Crippen molar-refractivity contribution >= 4 is 10.1 Å². The second kappa shape index (κ2) is 5.43. The monoisotopic (exact) mass is 299 g/mol. The summed E-state index contributed by atoms with van der Waals surface area (Å²) < 4.78 is 93.9. The quantitative estimate of drug-likeness (QED) is 0.297. The van der Waals surface area contributed by atoms with Gasteiger partial charge in [-0.05, 0) is 0 Å². The summed E-state index contributed by atoms with van der Waals surface area (Å²) in [5.41, 5.74) is -5.65. The lowest BCUT2D eigenvalue weighted by Crippen LogP contribution is -2.47. The van der Waals surface area contributed by atoms with Crippen LogP contribution >= 0.6 is 0 Å². The van der Waals surface area contributed by atoms with E-state index in [0.717, 1.165) is 6.33 Å². The van der Waals surface area contributed by atoms with Gasteiger partial charge < -0.3 is 4.55 Å². The van der Waals surface area contributed by atoms with Crippen LogP contribution in [0.25, 0.3) is 0 Å². The molecule has 1 aromatic rings. The van der Waals surface area contributed by atoms with E-state index in [-0.39, 0.29) is 4.57 Å². The average Bonchev–Trinajstić information content (AvgIpc) is 2.15. The zero-order valence-electron chi connectivity index (χ0n) is 7.97. The van der Waals surface area contributed by atoms with Gasteiger partial charge in [0, 0.05) is 0 Å². The Morgan fingerprint density at radius 2 is 1.33 bits per heavy atom. The molecular formula is C5H3F6N3O3S. The van der Waals surface area contributed by atoms with Crippen molar-refractivity contribution in [1.82, 2.24) is 9.97 Å². The Bertz CT molecular complexity index is 469. The summed E-state index contributed by atoms with van der Waals surface area (Å²) in [4.78, 5) is 6.37. The fourth-order valence-corrected chi connectivity index (χ4v) is 0.403. The smallest absolute Gasteiger partial charge is 0.543 e. The fourth-order valence-electron chi connectivity index (χ4n) is 0.403. The molecule has 104 valence electrons. The summed E-state index contributed by atoms with van der Waals surface area (Å²) in [5, 5.41) is 0. The third kappa shape index (κ3) is 5.72. The van der Waals surface area contributed by atoms with Crippen molar-refractivity contribution in [3.63, 3.8) is 0 Å². The zero-order valence-corrected chi connectivity index (χ0v) is 8.79. The van der Waals surface area contributed by atoms with E-state index in [0.29, 0.717) is 12.7 Å². The number of hydrogen-bond acceptors (Lipinski definition) is 5. The molecule has 1 rings (SSSR count). The van der Waals surface area contributed by atoms with E-state index in [9.17, 15) is 26.3 Å². The molecule has 0 amide bonds. The van der Waals surface area contributed by atoms with Crippen LogP contribution in [0.4, 0.5) is 26.3 Å². The van der Waals surface area contributed by atoms with Crippen molar-refractivity contribution in [2.75, 3.05) is 0 Å². The van der Waals surface area contributed by atoms with Crippen molar-refractivity contribution in [3.8, 4) is 0 Å². The summed E-state index contributed by atoms with van der Waals surface area (Å²) in [7, 11) is -6.09. The molecule has 0 saturated carbocycles. The second-order valence-corrected chi connectivity index (χ2v) is 3.79. The molecular weight excluding hydrogens is 296 g/mol. The van der Waals surface area contributed by atoms with Crippen molar-refractivity contribution < 1.29 is 43.9 Å². The number of rotatable bonds is 0. The maximum atomic E-state index is 11.7. The highest BCUT2D eigenvalue weighted by atomic mass is 32.2. The Labute approximate surface area is 95.7 Å². The molecule has 0 atom stereocenters. The Morgan fingerprint density at radius 1 is 1.00 bits per heavy atom. The molecule has 1 heterocycles. The van der Waals surface area contributed by atoms with Gasteiger partial charge in [0.1, 0.15) is 0 Å². The number of aromatic nitrogens is 3. The van der Waals surface area contributed by atoms with Gasteiger partial charge in [0.15, 0.2) is 10.1 Å². The maximum Gasteiger partial charge on any atom is 0.543 e. The largest absolute Gasteiger partial charge is 0.741 e. The van der Waals surface area contributed by atoms with E-state index in [1.54, 1.807) is 0 Å². The predicted molar refractivity (Wildman–Crippen MR) is 39.3 cm³/mol. The van der Waals surface area contributed by atoms with Crippen molar-refractivity contribution in [2.24, 2.45) is 0 Å². The lowest BCUT2D eigenvalue weighted by molar-refractivity contribution is -0.858. The summed E-state index contributed by atoms with van der Waals surface area (Å²) in [6.45, 7) is 0. The highest BCUT2D eigenvalue weighted by Crippen LogP contribution is 2.20. The van der Waals surface area contributed by atoms with E-state index in [4.69, 9.17) is 13.0 Å².